The summed E-state index contributed by atoms with van der Waals surface area (Å²) in [5, 5.41) is 1.64. The first kappa shape index (κ1) is 22.9. The predicted octanol–water partition coefficient (Wildman–Crippen LogP) is 7.38. The maximum Gasteiger partial charge on any atom is 0.145 e. The molecule has 4 aromatic rings. The zero-order valence-corrected chi connectivity index (χ0v) is 20.3. The molecule has 176 valence electrons. The van der Waals surface area contributed by atoms with Gasteiger partial charge in [-0.05, 0) is 93.2 Å². The van der Waals surface area contributed by atoms with E-state index in [1.54, 1.807) is 12.1 Å². The number of aryl methyl sites for hydroxylation is 1. The first-order valence-electron chi connectivity index (χ1n) is 12.0. The van der Waals surface area contributed by atoms with Crippen LogP contribution >= 0.6 is 11.6 Å². The summed E-state index contributed by atoms with van der Waals surface area (Å²) in [4.78, 5) is 2.55. The van der Waals surface area contributed by atoms with Crippen LogP contribution in [0.3, 0.4) is 0 Å². The first-order chi connectivity index (χ1) is 16.6. The fourth-order valence-electron chi connectivity index (χ4n) is 4.90. The van der Waals surface area contributed by atoms with Gasteiger partial charge in [-0.2, -0.15) is 0 Å². The van der Waals surface area contributed by atoms with E-state index in [2.05, 4.69) is 36.1 Å². The third-order valence-corrected chi connectivity index (χ3v) is 7.08. The molecule has 1 aliphatic rings. The minimum absolute atomic E-state index is 0.248. The highest BCUT2D eigenvalue weighted by Gasteiger charge is 2.20. The molecule has 1 fully saturated rings. The summed E-state index contributed by atoms with van der Waals surface area (Å²) in [5.74, 6) is 1.23. The molecule has 0 aliphatic carbocycles. The molecule has 1 aromatic heterocycles. The van der Waals surface area contributed by atoms with Crippen LogP contribution in [0.4, 0.5) is 4.39 Å². The van der Waals surface area contributed by atoms with Crippen LogP contribution in [0, 0.1) is 12.7 Å². The Labute approximate surface area is 205 Å². The predicted molar refractivity (Wildman–Crippen MR) is 138 cm³/mol. The summed E-state index contributed by atoms with van der Waals surface area (Å²) >= 11 is 6.27. The second kappa shape index (κ2) is 10.2. The lowest BCUT2D eigenvalue weighted by atomic mass is 9.89. The van der Waals surface area contributed by atoms with E-state index >= 15 is 0 Å². The van der Waals surface area contributed by atoms with Crippen LogP contribution in [0.25, 0.3) is 16.6 Å². The SMILES string of the molecule is Cc1ccc(C2CCN(CCCOc3cn(-c4ccc(F)cc4)c4ccc(Cl)cc34)CC2)cc1. The first-order valence-corrected chi connectivity index (χ1v) is 12.4. The molecule has 0 saturated carbocycles. The second-order valence-corrected chi connectivity index (χ2v) is 9.67. The second-order valence-electron chi connectivity index (χ2n) is 9.23. The van der Waals surface area contributed by atoms with Crippen molar-refractivity contribution in [1.82, 2.24) is 9.47 Å². The fraction of sp³-hybridized carbons (Fsp3) is 0.310. The Bertz CT molecular complexity index is 1240. The highest BCUT2D eigenvalue weighted by atomic mass is 35.5. The molecule has 34 heavy (non-hydrogen) atoms. The van der Waals surface area contributed by atoms with Crippen LogP contribution in [0.5, 0.6) is 5.75 Å². The number of rotatable bonds is 7. The summed E-state index contributed by atoms with van der Waals surface area (Å²) in [6.45, 7) is 6.10. The number of hydrogen-bond donors (Lipinski definition) is 0. The van der Waals surface area contributed by atoms with E-state index in [4.69, 9.17) is 16.3 Å². The quantitative estimate of drug-likeness (QED) is 0.259. The molecule has 0 spiro atoms. The molecule has 5 rings (SSSR count). The number of hydrogen-bond acceptors (Lipinski definition) is 2. The van der Waals surface area contributed by atoms with Crippen molar-refractivity contribution in [1.29, 1.82) is 0 Å². The minimum atomic E-state index is -0.248. The molecule has 3 aromatic carbocycles. The van der Waals surface area contributed by atoms with Crippen molar-refractivity contribution in [2.24, 2.45) is 0 Å². The number of likely N-dealkylation sites (tertiary alicyclic amines) is 1. The normalized spacial score (nSPS) is 15.1. The van der Waals surface area contributed by atoms with Gasteiger partial charge in [0.2, 0.25) is 0 Å². The Morgan fingerprint density at radius 3 is 2.44 bits per heavy atom. The number of nitrogens with zero attached hydrogens (tertiary/aromatic N) is 2. The summed E-state index contributed by atoms with van der Waals surface area (Å²) < 4.78 is 21.6. The Morgan fingerprint density at radius 2 is 1.71 bits per heavy atom. The molecule has 3 nitrogen and oxygen atoms in total. The molecule has 1 saturated heterocycles. The molecule has 0 N–H and O–H groups in total. The largest absolute Gasteiger partial charge is 0.491 e. The number of piperidine rings is 1. The smallest absolute Gasteiger partial charge is 0.145 e. The van der Waals surface area contributed by atoms with E-state index in [-0.39, 0.29) is 5.82 Å². The van der Waals surface area contributed by atoms with Gasteiger partial charge in [-0.1, -0.05) is 41.4 Å². The average Bonchev–Trinajstić information content (AvgIpc) is 3.21. The van der Waals surface area contributed by atoms with Crippen LogP contribution in [-0.4, -0.2) is 35.7 Å². The molecule has 1 aliphatic heterocycles. The number of benzene rings is 3. The van der Waals surface area contributed by atoms with Crippen molar-refractivity contribution in [3.05, 3.63) is 94.9 Å². The molecule has 0 unspecified atom stereocenters. The monoisotopic (exact) mass is 476 g/mol. The van der Waals surface area contributed by atoms with E-state index < -0.39 is 0 Å². The van der Waals surface area contributed by atoms with Crippen molar-refractivity contribution in [3.8, 4) is 11.4 Å². The van der Waals surface area contributed by atoms with E-state index in [0.29, 0.717) is 17.5 Å². The van der Waals surface area contributed by atoms with E-state index in [1.807, 2.05) is 29.0 Å². The van der Waals surface area contributed by atoms with E-state index in [0.717, 1.165) is 48.4 Å². The van der Waals surface area contributed by atoms with Gasteiger partial charge >= 0.3 is 0 Å². The highest BCUT2D eigenvalue weighted by Crippen LogP contribution is 2.33. The molecule has 0 radical (unpaired) electrons. The maximum atomic E-state index is 13.4. The number of halogens is 2. The lowest BCUT2D eigenvalue weighted by molar-refractivity contribution is 0.193. The van der Waals surface area contributed by atoms with Crippen molar-refractivity contribution in [2.75, 3.05) is 26.2 Å². The Hall–Kier alpha value is -2.82. The van der Waals surface area contributed by atoms with Gasteiger partial charge < -0.3 is 14.2 Å². The molecule has 5 heteroatoms. The Kier molecular flexibility index (Phi) is 6.89. The Morgan fingerprint density at radius 1 is 0.971 bits per heavy atom. The lowest BCUT2D eigenvalue weighted by Gasteiger charge is -2.32. The number of aromatic nitrogens is 1. The third kappa shape index (κ3) is 5.13. The number of ether oxygens (including phenoxy) is 1. The van der Waals surface area contributed by atoms with Crippen molar-refractivity contribution in [2.45, 2.75) is 32.1 Å². The van der Waals surface area contributed by atoms with Gasteiger partial charge in [0.1, 0.15) is 11.6 Å². The molecule has 0 atom stereocenters. The van der Waals surface area contributed by atoms with Crippen molar-refractivity contribution < 1.29 is 9.13 Å². The van der Waals surface area contributed by atoms with Gasteiger partial charge in [-0.25, -0.2) is 4.39 Å². The molecular formula is C29H30ClFN2O. The van der Waals surface area contributed by atoms with Gasteiger partial charge in [0.15, 0.2) is 0 Å². The lowest BCUT2D eigenvalue weighted by Crippen LogP contribution is -2.34. The maximum absolute atomic E-state index is 13.4. The van der Waals surface area contributed by atoms with E-state index in [9.17, 15) is 4.39 Å². The van der Waals surface area contributed by atoms with Gasteiger partial charge in [-0.15, -0.1) is 0 Å². The molecule has 2 heterocycles. The Balaban J connectivity index is 1.18. The third-order valence-electron chi connectivity index (χ3n) is 6.85. The van der Waals surface area contributed by atoms with Gasteiger partial charge in [0, 0.05) is 22.6 Å². The zero-order valence-electron chi connectivity index (χ0n) is 19.5. The van der Waals surface area contributed by atoms with Crippen LogP contribution in [-0.2, 0) is 0 Å². The van der Waals surface area contributed by atoms with Gasteiger partial charge in [-0.3, -0.25) is 0 Å². The molecular weight excluding hydrogens is 447 g/mol. The summed E-state index contributed by atoms with van der Waals surface area (Å²) in [7, 11) is 0. The van der Waals surface area contributed by atoms with Crippen LogP contribution in [0.2, 0.25) is 5.02 Å². The summed E-state index contributed by atoms with van der Waals surface area (Å²) in [6.07, 6.45) is 5.38. The van der Waals surface area contributed by atoms with Gasteiger partial charge in [0.25, 0.3) is 0 Å². The number of fused-ring (bicyclic) bond motifs is 1. The molecule has 0 bridgehead atoms. The minimum Gasteiger partial charge on any atom is -0.491 e. The standard InChI is InChI=1S/C29H30ClFN2O/c1-21-3-5-22(6-4-21)23-13-16-32(17-14-23)15-2-18-34-29-20-33(26-10-8-25(31)9-11-26)28-12-7-24(30)19-27(28)29/h3-12,19-20,23H,2,13-18H2,1H3. The average molecular weight is 477 g/mol. The van der Waals surface area contributed by atoms with Gasteiger partial charge in [0.05, 0.1) is 18.3 Å². The topological polar surface area (TPSA) is 17.4 Å². The fourth-order valence-corrected chi connectivity index (χ4v) is 5.07. The van der Waals surface area contributed by atoms with E-state index in [1.165, 1.54) is 36.1 Å². The zero-order chi connectivity index (χ0) is 23.5. The van der Waals surface area contributed by atoms with Crippen LogP contribution in [0.1, 0.15) is 36.3 Å². The van der Waals surface area contributed by atoms with Crippen LogP contribution < -0.4 is 4.74 Å². The molecule has 0 amide bonds. The summed E-state index contributed by atoms with van der Waals surface area (Å²) in [5.41, 5.74) is 4.68. The van der Waals surface area contributed by atoms with Crippen molar-refractivity contribution >= 4 is 22.5 Å². The van der Waals surface area contributed by atoms with Crippen molar-refractivity contribution in [3.63, 3.8) is 0 Å². The highest BCUT2D eigenvalue weighted by molar-refractivity contribution is 6.31. The van der Waals surface area contributed by atoms with Crippen LogP contribution in [0.15, 0.2) is 72.9 Å². The summed E-state index contributed by atoms with van der Waals surface area (Å²) in [6, 6.07) is 21.3.